The summed E-state index contributed by atoms with van der Waals surface area (Å²) in [5.41, 5.74) is 8.37. The summed E-state index contributed by atoms with van der Waals surface area (Å²) in [6, 6.07) is 6.19. The molecule has 2 bridgehead atoms. The predicted octanol–water partition coefficient (Wildman–Crippen LogP) is 2.39. The first-order valence-corrected chi connectivity index (χ1v) is 7.48. The molecule has 3 unspecified atom stereocenters. The first-order chi connectivity index (χ1) is 9.56. The van der Waals surface area contributed by atoms with Gasteiger partial charge in [0.15, 0.2) is 0 Å². The zero-order chi connectivity index (χ0) is 14.3. The molecule has 2 aliphatic rings. The Bertz CT molecular complexity index is 528. The maximum absolute atomic E-state index is 12.4. The van der Waals surface area contributed by atoms with E-state index in [1.165, 1.54) is 19.3 Å². The quantitative estimate of drug-likeness (QED) is 0.831. The summed E-state index contributed by atoms with van der Waals surface area (Å²) >= 11 is 0. The van der Waals surface area contributed by atoms with Crippen LogP contribution < -0.4 is 11.1 Å². The highest BCUT2D eigenvalue weighted by Gasteiger charge is 2.41. The molecule has 20 heavy (non-hydrogen) atoms. The number of nitrogen functional groups attached to an aromatic ring is 1. The molecule has 0 aromatic heterocycles. The number of hydrogen-bond donors (Lipinski definition) is 2. The van der Waals surface area contributed by atoms with Crippen molar-refractivity contribution < 1.29 is 4.79 Å². The van der Waals surface area contributed by atoms with Crippen LogP contribution in [0.4, 0.5) is 11.4 Å². The molecular weight excluding hydrogens is 250 g/mol. The van der Waals surface area contributed by atoms with Crippen molar-refractivity contribution in [2.75, 3.05) is 17.6 Å². The second kappa shape index (κ2) is 5.09. The lowest BCUT2D eigenvalue weighted by molar-refractivity contribution is -0.121. The number of piperidine rings is 1. The lowest BCUT2D eigenvalue weighted by atomic mass is 10.1. The predicted molar refractivity (Wildman–Crippen MR) is 81.5 cm³/mol. The van der Waals surface area contributed by atoms with E-state index >= 15 is 0 Å². The molecule has 3 rings (SSSR count). The van der Waals surface area contributed by atoms with Crippen LogP contribution in [0.3, 0.4) is 0 Å². The molecule has 0 spiro atoms. The van der Waals surface area contributed by atoms with Gasteiger partial charge < -0.3 is 11.1 Å². The number of rotatable bonds is 3. The summed E-state index contributed by atoms with van der Waals surface area (Å²) in [5, 5.41) is 3.03. The van der Waals surface area contributed by atoms with E-state index in [2.05, 4.69) is 10.2 Å². The molecule has 3 N–H and O–H groups in total. The number of anilines is 2. The van der Waals surface area contributed by atoms with Crippen LogP contribution >= 0.6 is 0 Å². The third-order valence-corrected chi connectivity index (χ3v) is 4.96. The van der Waals surface area contributed by atoms with Crippen molar-refractivity contribution in [1.82, 2.24) is 4.90 Å². The largest absolute Gasteiger partial charge is 0.398 e. The summed E-state index contributed by atoms with van der Waals surface area (Å²) in [6.07, 6.45) is 3.86. The molecule has 1 aromatic carbocycles. The topological polar surface area (TPSA) is 58.4 Å². The number of benzene rings is 1. The lowest BCUT2D eigenvalue weighted by Crippen LogP contribution is -2.46. The third-order valence-electron chi connectivity index (χ3n) is 4.96. The fraction of sp³-hybridized carbons (Fsp3) is 0.562. The molecule has 1 amide bonds. The Balaban J connectivity index is 1.68. The van der Waals surface area contributed by atoms with E-state index in [1.54, 1.807) is 0 Å². The molecule has 0 radical (unpaired) electrons. The smallest absolute Gasteiger partial charge is 0.241 e. The molecular formula is C16H23N3O. The van der Waals surface area contributed by atoms with E-state index in [-0.39, 0.29) is 11.9 Å². The second-order valence-electron chi connectivity index (χ2n) is 6.21. The SMILES string of the molecule is Cc1c(N)cccc1NC(=O)C(C)N1CC2CCC1C2. The van der Waals surface area contributed by atoms with Gasteiger partial charge in [-0.2, -0.15) is 0 Å². The fourth-order valence-corrected chi connectivity index (χ4v) is 3.61. The number of carbonyl (C=O) groups excluding carboxylic acids is 1. The van der Waals surface area contributed by atoms with Gasteiger partial charge in [-0.3, -0.25) is 9.69 Å². The number of carbonyl (C=O) groups is 1. The summed E-state index contributed by atoms with van der Waals surface area (Å²) in [4.78, 5) is 14.8. The normalized spacial score (nSPS) is 26.7. The molecule has 1 heterocycles. The highest BCUT2D eigenvalue weighted by atomic mass is 16.2. The van der Waals surface area contributed by atoms with E-state index in [0.717, 1.165) is 29.4 Å². The minimum atomic E-state index is -0.0638. The van der Waals surface area contributed by atoms with Gasteiger partial charge in [-0.1, -0.05) is 6.07 Å². The fourth-order valence-electron chi connectivity index (χ4n) is 3.61. The molecule has 1 aromatic rings. The van der Waals surface area contributed by atoms with Gasteiger partial charge in [0.1, 0.15) is 0 Å². The standard InChI is InChI=1S/C16H23N3O/c1-10-14(17)4-3-5-15(10)18-16(20)11(2)19-9-12-6-7-13(19)8-12/h3-5,11-13H,6-9,17H2,1-2H3,(H,18,20). The molecule has 4 nitrogen and oxygen atoms in total. The van der Waals surface area contributed by atoms with Crippen molar-refractivity contribution in [1.29, 1.82) is 0 Å². The van der Waals surface area contributed by atoms with Gasteiger partial charge in [-0.15, -0.1) is 0 Å². The molecule has 1 saturated heterocycles. The van der Waals surface area contributed by atoms with Crippen molar-refractivity contribution in [2.24, 2.45) is 5.92 Å². The monoisotopic (exact) mass is 273 g/mol. The number of nitrogens with one attached hydrogen (secondary N) is 1. The average molecular weight is 273 g/mol. The van der Waals surface area contributed by atoms with Crippen LogP contribution in [0.5, 0.6) is 0 Å². The van der Waals surface area contributed by atoms with E-state index in [9.17, 15) is 4.79 Å². The number of nitrogens with two attached hydrogens (primary N) is 1. The Labute approximate surface area is 120 Å². The molecule has 1 aliphatic carbocycles. The minimum Gasteiger partial charge on any atom is -0.398 e. The van der Waals surface area contributed by atoms with Gasteiger partial charge >= 0.3 is 0 Å². The summed E-state index contributed by atoms with van der Waals surface area (Å²) < 4.78 is 0. The first kappa shape index (κ1) is 13.4. The van der Waals surface area contributed by atoms with Gasteiger partial charge in [0, 0.05) is 24.0 Å². The van der Waals surface area contributed by atoms with Gasteiger partial charge in [0.25, 0.3) is 0 Å². The number of hydrogen-bond acceptors (Lipinski definition) is 3. The Hall–Kier alpha value is -1.55. The molecule has 1 saturated carbocycles. The molecule has 3 atom stereocenters. The molecule has 108 valence electrons. The van der Waals surface area contributed by atoms with E-state index < -0.39 is 0 Å². The Kier molecular flexibility index (Phi) is 3.42. The van der Waals surface area contributed by atoms with Crippen LogP contribution in [-0.2, 0) is 4.79 Å². The van der Waals surface area contributed by atoms with Gasteiger partial charge in [-0.05, 0) is 56.7 Å². The summed E-state index contributed by atoms with van der Waals surface area (Å²) in [7, 11) is 0. The highest BCUT2D eigenvalue weighted by molar-refractivity contribution is 5.95. The van der Waals surface area contributed by atoms with Crippen molar-refractivity contribution in [3.05, 3.63) is 23.8 Å². The molecule has 2 fully saturated rings. The first-order valence-electron chi connectivity index (χ1n) is 7.48. The highest BCUT2D eigenvalue weighted by Crippen LogP contribution is 2.38. The molecule has 4 heteroatoms. The zero-order valence-electron chi connectivity index (χ0n) is 12.2. The van der Waals surface area contributed by atoms with Crippen LogP contribution in [0.25, 0.3) is 0 Å². The number of fused-ring (bicyclic) bond motifs is 2. The van der Waals surface area contributed by atoms with Crippen molar-refractivity contribution >= 4 is 17.3 Å². The van der Waals surface area contributed by atoms with E-state index in [4.69, 9.17) is 5.73 Å². The van der Waals surface area contributed by atoms with Crippen LogP contribution in [0.1, 0.15) is 31.7 Å². The maximum Gasteiger partial charge on any atom is 0.241 e. The Morgan fingerprint density at radius 3 is 2.90 bits per heavy atom. The Morgan fingerprint density at radius 1 is 1.45 bits per heavy atom. The van der Waals surface area contributed by atoms with E-state index in [0.29, 0.717) is 6.04 Å². The lowest BCUT2D eigenvalue weighted by Gasteiger charge is -2.31. The zero-order valence-corrected chi connectivity index (χ0v) is 12.2. The Morgan fingerprint density at radius 2 is 2.25 bits per heavy atom. The van der Waals surface area contributed by atoms with Crippen molar-refractivity contribution in [2.45, 2.75) is 45.2 Å². The number of likely N-dealkylation sites (tertiary alicyclic amines) is 1. The van der Waals surface area contributed by atoms with Crippen LogP contribution in [0, 0.1) is 12.8 Å². The van der Waals surface area contributed by atoms with E-state index in [1.807, 2.05) is 32.0 Å². The van der Waals surface area contributed by atoms with Gasteiger partial charge in [-0.25, -0.2) is 0 Å². The summed E-state index contributed by atoms with van der Waals surface area (Å²) in [6.45, 7) is 5.03. The number of amides is 1. The maximum atomic E-state index is 12.4. The minimum absolute atomic E-state index is 0.0638. The van der Waals surface area contributed by atoms with Crippen LogP contribution in [0.2, 0.25) is 0 Å². The van der Waals surface area contributed by atoms with Gasteiger partial charge in [0.05, 0.1) is 6.04 Å². The van der Waals surface area contributed by atoms with Crippen molar-refractivity contribution in [3.8, 4) is 0 Å². The third kappa shape index (κ3) is 2.29. The van der Waals surface area contributed by atoms with Crippen LogP contribution in [0.15, 0.2) is 18.2 Å². The number of nitrogens with zero attached hydrogens (tertiary/aromatic N) is 1. The van der Waals surface area contributed by atoms with Crippen molar-refractivity contribution in [3.63, 3.8) is 0 Å². The summed E-state index contributed by atoms with van der Waals surface area (Å²) in [5.74, 6) is 0.885. The molecule has 1 aliphatic heterocycles. The van der Waals surface area contributed by atoms with Crippen LogP contribution in [-0.4, -0.2) is 29.4 Å². The average Bonchev–Trinajstić information content (AvgIpc) is 3.05. The van der Waals surface area contributed by atoms with Gasteiger partial charge in [0.2, 0.25) is 5.91 Å². The second-order valence-corrected chi connectivity index (χ2v) is 6.21.